The Hall–Kier alpha value is 0.130. The SMILES string of the molecule is FN=C(N(F)F)C(Cl)(Cl)Cl. The molecule has 0 aromatic rings. The van der Waals surface area contributed by atoms with Crippen LogP contribution in [-0.2, 0) is 0 Å². The van der Waals surface area contributed by atoms with Crippen LogP contribution >= 0.6 is 34.8 Å². The van der Waals surface area contributed by atoms with Crippen LogP contribution in [0.25, 0.3) is 0 Å². The van der Waals surface area contributed by atoms with Gasteiger partial charge in [0.2, 0.25) is 0 Å². The predicted octanol–water partition coefficient (Wildman–Crippen LogP) is 2.71. The summed E-state index contributed by atoms with van der Waals surface area (Å²) in [5, 5.41) is -0.160. The molecule has 10 heavy (non-hydrogen) atoms. The number of nitrogens with zero attached hydrogens (tertiary/aromatic N) is 2. The van der Waals surface area contributed by atoms with E-state index in [1.165, 1.54) is 0 Å². The van der Waals surface area contributed by atoms with Crippen molar-refractivity contribution in [2.24, 2.45) is 5.21 Å². The van der Waals surface area contributed by atoms with Gasteiger partial charge in [0.1, 0.15) is 0 Å². The van der Waals surface area contributed by atoms with Crippen LogP contribution < -0.4 is 0 Å². The van der Waals surface area contributed by atoms with E-state index in [2.05, 4.69) is 0 Å². The molecule has 0 atom stereocenters. The van der Waals surface area contributed by atoms with Gasteiger partial charge in [0.15, 0.2) is 0 Å². The molecule has 0 radical (unpaired) electrons. The van der Waals surface area contributed by atoms with E-state index < -0.39 is 15.0 Å². The minimum Gasteiger partial charge on any atom is -0.0748 e. The summed E-state index contributed by atoms with van der Waals surface area (Å²) in [5.74, 6) is -1.57. The molecule has 0 unspecified atom stereocenters. The van der Waals surface area contributed by atoms with Crippen LogP contribution in [-0.4, -0.2) is 15.0 Å². The minimum absolute atomic E-state index is 1.56. The third-order valence-corrected chi connectivity index (χ3v) is 1.00. The largest absolute Gasteiger partial charge is 0.256 e. The molecule has 0 spiro atoms. The van der Waals surface area contributed by atoms with Crippen LogP contribution in [0.15, 0.2) is 5.21 Å². The second-order valence-electron chi connectivity index (χ2n) is 1.14. The summed E-state index contributed by atoms with van der Waals surface area (Å²) < 4.78 is 31.5. The van der Waals surface area contributed by atoms with E-state index in [4.69, 9.17) is 34.8 Å². The highest BCUT2D eigenvalue weighted by atomic mass is 35.6. The Morgan fingerprint density at radius 2 is 1.70 bits per heavy atom. The van der Waals surface area contributed by atoms with E-state index >= 15 is 0 Å². The molecule has 8 heteroatoms. The Balaban J connectivity index is 4.40. The first kappa shape index (κ1) is 10.1. The second-order valence-corrected chi connectivity index (χ2v) is 3.42. The van der Waals surface area contributed by atoms with Crippen molar-refractivity contribution in [1.29, 1.82) is 0 Å². The van der Waals surface area contributed by atoms with Crippen LogP contribution in [0, 0.1) is 0 Å². The zero-order valence-electron chi connectivity index (χ0n) is 4.16. The van der Waals surface area contributed by atoms with Gasteiger partial charge in [-0.15, -0.1) is 0 Å². The molecule has 0 N–H and O–H groups in total. The third-order valence-electron chi connectivity index (χ3n) is 0.494. The molecule has 0 aromatic heterocycles. The molecular formula is C2Cl3F3N2. The van der Waals surface area contributed by atoms with Crippen LogP contribution in [0.2, 0.25) is 0 Å². The zero-order valence-corrected chi connectivity index (χ0v) is 6.43. The summed E-state index contributed by atoms with van der Waals surface area (Å²) in [4.78, 5) is 0. The van der Waals surface area contributed by atoms with Crippen molar-refractivity contribution in [1.82, 2.24) is 5.34 Å². The maximum Gasteiger partial charge on any atom is 0.256 e. The lowest BCUT2D eigenvalue weighted by molar-refractivity contribution is -0.0768. The molecule has 0 saturated heterocycles. The van der Waals surface area contributed by atoms with Crippen LogP contribution in [0.1, 0.15) is 0 Å². The predicted molar refractivity (Wildman–Crippen MR) is 32.9 cm³/mol. The molecule has 0 rings (SSSR count). The summed E-state index contributed by atoms with van der Waals surface area (Å²) >= 11 is 14.5. The Morgan fingerprint density at radius 3 is 1.70 bits per heavy atom. The van der Waals surface area contributed by atoms with Crippen molar-refractivity contribution in [2.45, 2.75) is 3.79 Å². The van der Waals surface area contributed by atoms with Crippen molar-refractivity contribution < 1.29 is 13.4 Å². The number of hydrogen-bond donors (Lipinski definition) is 0. The van der Waals surface area contributed by atoms with Crippen LogP contribution in [0.5, 0.6) is 0 Å². The molecule has 0 fully saturated rings. The van der Waals surface area contributed by atoms with E-state index in [1.54, 1.807) is 5.21 Å². The smallest absolute Gasteiger partial charge is 0.0748 e. The minimum atomic E-state index is -2.54. The highest BCUT2D eigenvalue weighted by molar-refractivity contribution is 6.76. The second kappa shape index (κ2) is 3.50. The van der Waals surface area contributed by atoms with E-state index in [-0.39, 0.29) is 0 Å². The van der Waals surface area contributed by atoms with E-state index in [0.717, 1.165) is 0 Å². The molecule has 2 nitrogen and oxygen atoms in total. The molecule has 0 aromatic carbocycles. The van der Waals surface area contributed by atoms with Crippen molar-refractivity contribution >= 4 is 40.6 Å². The van der Waals surface area contributed by atoms with Gasteiger partial charge in [0, 0.05) is 0 Å². The van der Waals surface area contributed by atoms with Crippen LogP contribution in [0.4, 0.5) is 13.4 Å². The lowest BCUT2D eigenvalue weighted by Gasteiger charge is -2.10. The Kier molecular flexibility index (Phi) is 3.55. The normalized spacial score (nSPS) is 13.6. The van der Waals surface area contributed by atoms with E-state index in [0.29, 0.717) is 0 Å². The topological polar surface area (TPSA) is 15.6 Å². The van der Waals surface area contributed by atoms with Gasteiger partial charge in [-0.3, -0.25) is 0 Å². The fourth-order valence-corrected chi connectivity index (χ4v) is 0.460. The Labute approximate surface area is 69.0 Å². The maximum atomic E-state index is 11.4. The summed E-state index contributed by atoms with van der Waals surface area (Å²) in [6.07, 6.45) is 0. The molecule has 0 bridgehead atoms. The van der Waals surface area contributed by atoms with Gasteiger partial charge in [0.25, 0.3) is 9.63 Å². The van der Waals surface area contributed by atoms with Gasteiger partial charge in [-0.2, -0.15) is 0 Å². The summed E-state index contributed by atoms with van der Waals surface area (Å²) in [7, 11) is 0. The number of amidine groups is 1. The molecule has 0 aliphatic rings. The highest BCUT2D eigenvalue weighted by Gasteiger charge is 2.35. The average Bonchev–Trinajstić information content (AvgIpc) is 1.60. The lowest BCUT2D eigenvalue weighted by Crippen LogP contribution is -2.28. The fourth-order valence-electron chi connectivity index (χ4n) is 0.172. The first-order valence-corrected chi connectivity index (χ1v) is 2.91. The molecule has 0 heterocycles. The Morgan fingerprint density at radius 1 is 1.30 bits per heavy atom. The molecule has 0 aliphatic carbocycles. The molecular weight excluding hydrogens is 215 g/mol. The zero-order chi connectivity index (χ0) is 8.36. The highest BCUT2D eigenvalue weighted by Crippen LogP contribution is 2.30. The molecule has 0 aliphatic heterocycles. The molecule has 60 valence electrons. The maximum absolute atomic E-state index is 11.4. The van der Waals surface area contributed by atoms with E-state index in [1.807, 2.05) is 0 Å². The van der Waals surface area contributed by atoms with Crippen molar-refractivity contribution in [2.75, 3.05) is 0 Å². The molecule has 0 saturated carbocycles. The summed E-state index contributed by atoms with van der Waals surface area (Å²) in [6, 6.07) is 0. The Bertz CT molecular complexity index is 141. The van der Waals surface area contributed by atoms with Gasteiger partial charge in [-0.05, 0) is 5.34 Å². The van der Waals surface area contributed by atoms with Gasteiger partial charge in [-0.25, -0.2) is 0 Å². The number of hydrogen-bond acceptors (Lipinski definition) is 1. The summed E-state index contributed by atoms with van der Waals surface area (Å²) in [6.45, 7) is 0. The monoisotopic (exact) mass is 214 g/mol. The van der Waals surface area contributed by atoms with Crippen molar-refractivity contribution in [3.8, 4) is 0 Å². The van der Waals surface area contributed by atoms with Gasteiger partial charge >= 0.3 is 0 Å². The van der Waals surface area contributed by atoms with Crippen molar-refractivity contribution in [3.05, 3.63) is 0 Å². The number of halogens is 6. The number of alkyl halides is 3. The summed E-state index contributed by atoms with van der Waals surface area (Å²) in [5.41, 5.74) is 0. The van der Waals surface area contributed by atoms with Gasteiger partial charge in [0.05, 0.1) is 0 Å². The first-order chi connectivity index (χ1) is 4.39. The average molecular weight is 215 g/mol. The van der Waals surface area contributed by atoms with Gasteiger partial charge in [-0.1, -0.05) is 53.5 Å². The van der Waals surface area contributed by atoms with Crippen LogP contribution in [0.3, 0.4) is 0 Å². The standard InChI is InChI=1S/C2Cl3F3N2/c3-2(4,5)1(9-6)10(7)8. The fraction of sp³-hybridized carbons (Fsp3) is 0.500. The number of rotatable bonds is 0. The lowest BCUT2D eigenvalue weighted by atomic mass is 10.7. The van der Waals surface area contributed by atoms with E-state index in [9.17, 15) is 13.4 Å². The first-order valence-electron chi connectivity index (χ1n) is 1.77. The van der Waals surface area contributed by atoms with Crippen molar-refractivity contribution in [3.63, 3.8) is 0 Å². The molecule has 0 amide bonds. The van der Waals surface area contributed by atoms with Gasteiger partial charge < -0.3 is 0 Å². The third kappa shape index (κ3) is 2.81. The quantitative estimate of drug-likeness (QED) is 0.262.